The molecule has 1 aromatic rings. The predicted molar refractivity (Wildman–Crippen MR) is 89.6 cm³/mol. The monoisotopic (exact) mass is 630 g/mol. The second-order valence-corrected chi connectivity index (χ2v) is 7.79. The first-order valence-electron chi connectivity index (χ1n) is 9.33. The summed E-state index contributed by atoms with van der Waals surface area (Å²) >= 11 is 0. The number of rotatable bonds is 10. The largest absolute Gasteiger partial charge is 0.478 e. The molecular weight excluding hydrogens is 622 g/mol. The molecule has 22 heteroatoms. The second-order valence-electron chi connectivity index (χ2n) is 7.79. The molecule has 0 atom stereocenters. The van der Waals surface area contributed by atoms with Gasteiger partial charge in [0, 0.05) is 12.8 Å². The maximum Gasteiger partial charge on any atom is 0.460 e. The molecule has 0 aliphatic rings. The van der Waals surface area contributed by atoms with Crippen LogP contribution >= 0.6 is 0 Å². The lowest BCUT2D eigenvalue weighted by Gasteiger charge is -2.35. The highest BCUT2D eigenvalue weighted by Crippen LogP contribution is 2.56. The molecule has 1 aromatic carbocycles. The van der Waals surface area contributed by atoms with Crippen LogP contribution in [-0.4, -0.2) is 70.0 Å². The Kier molecular flexibility index (Phi) is 8.53. The third-order valence-corrected chi connectivity index (χ3v) is 5.08. The Labute approximate surface area is 207 Å². The maximum atomic E-state index is 14.2. The molecule has 0 bridgehead atoms. The molecule has 2 N–H and O–H groups in total. The first-order valence-corrected chi connectivity index (χ1v) is 9.33. The maximum absolute atomic E-state index is 14.2. The van der Waals surface area contributed by atoms with Crippen molar-refractivity contribution in [3.05, 3.63) is 34.4 Å². The minimum atomic E-state index is -7.68. The smallest absolute Gasteiger partial charge is 0.460 e. The summed E-state index contributed by atoms with van der Waals surface area (Å²) in [5.41, 5.74) is -9.22. The van der Waals surface area contributed by atoms with E-state index in [0.29, 0.717) is 0 Å². The number of aromatic carboxylic acids is 2. The van der Waals surface area contributed by atoms with Crippen LogP contribution < -0.4 is 0 Å². The molecule has 0 unspecified atom stereocenters. The van der Waals surface area contributed by atoms with E-state index in [4.69, 9.17) is 10.2 Å². The van der Waals surface area contributed by atoms with Gasteiger partial charge >= 0.3 is 59.8 Å². The lowest BCUT2D eigenvalue weighted by molar-refractivity contribution is -0.396. The van der Waals surface area contributed by atoms with Gasteiger partial charge in [0.25, 0.3) is 0 Å². The minimum Gasteiger partial charge on any atom is -0.478 e. The molecule has 0 spiro atoms. The van der Waals surface area contributed by atoms with Crippen molar-refractivity contribution in [1.29, 1.82) is 0 Å². The molecule has 1 rings (SSSR count). The van der Waals surface area contributed by atoms with Gasteiger partial charge in [-0.05, 0) is 17.2 Å². The van der Waals surface area contributed by atoms with E-state index >= 15 is 0 Å². The van der Waals surface area contributed by atoms with Crippen molar-refractivity contribution in [2.24, 2.45) is 0 Å². The third kappa shape index (κ3) is 5.44. The van der Waals surface area contributed by atoms with Gasteiger partial charge < -0.3 is 10.2 Å². The van der Waals surface area contributed by atoms with E-state index < -0.39 is 101 Å². The molecule has 0 aliphatic heterocycles. The lowest BCUT2D eigenvalue weighted by Crippen LogP contribution is -2.62. The Morgan fingerprint density at radius 2 is 0.875 bits per heavy atom. The van der Waals surface area contributed by atoms with Crippen LogP contribution in [0.5, 0.6) is 0 Å². The second kappa shape index (κ2) is 9.77. The summed E-state index contributed by atoms with van der Waals surface area (Å²) in [5.74, 6) is -49.6. The molecule has 0 heterocycles. The number of carboxylic acid groups (broad SMARTS) is 2. The molecule has 0 aromatic heterocycles. The zero-order valence-corrected chi connectivity index (χ0v) is 18.1. The Hall–Kier alpha value is -3.10. The zero-order valence-electron chi connectivity index (χ0n) is 18.1. The van der Waals surface area contributed by atoms with E-state index in [-0.39, 0.29) is 6.07 Å². The molecule has 0 saturated heterocycles. The lowest BCUT2D eigenvalue weighted by atomic mass is 9.85. The minimum absolute atomic E-state index is 0.249. The predicted octanol–water partition coefficient (Wildman–Crippen LogP) is 7.10. The Morgan fingerprint density at radius 3 is 1.18 bits per heavy atom. The standard InChI is InChI=1S/C18H8F18O4/c19-11(20,13(23,24)15(27,28)17(31,32)33)3-5-1-2-6(9(37)38)8(10(39)40)7(5)4-12(21,22)14(25,26)16(29,30)18(34,35)36/h1-2H,3-4H2,(H,37,38)(H,39,40). The van der Waals surface area contributed by atoms with Crippen LogP contribution in [0.1, 0.15) is 31.8 Å². The summed E-state index contributed by atoms with van der Waals surface area (Å²) in [7, 11) is 0. The van der Waals surface area contributed by atoms with Gasteiger partial charge in [0.15, 0.2) is 0 Å². The zero-order chi connectivity index (χ0) is 32.3. The van der Waals surface area contributed by atoms with Crippen LogP contribution in [0.2, 0.25) is 0 Å². The molecule has 0 aliphatic carbocycles. The van der Waals surface area contributed by atoms with Crippen molar-refractivity contribution < 1.29 is 98.8 Å². The van der Waals surface area contributed by atoms with Gasteiger partial charge in [-0.1, -0.05) is 6.07 Å². The number of hydrogen-bond acceptors (Lipinski definition) is 2. The van der Waals surface area contributed by atoms with Gasteiger partial charge in [-0.15, -0.1) is 0 Å². The highest BCUT2D eigenvalue weighted by Gasteiger charge is 2.82. The van der Waals surface area contributed by atoms with Crippen molar-refractivity contribution in [3.63, 3.8) is 0 Å². The summed E-state index contributed by atoms with van der Waals surface area (Å²) < 4.78 is 238. The van der Waals surface area contributed by atoms with Crippen LogP contribution in [0.3, 0.4) is 0 Å². The Balaban J connectivity index is 4.01. The van der Waals surface area contributed by atoms with Crippen LogP contribution in [0.4, 0.5) is 79.0 Å². The molecule has 230 valence electrons. The number of carboxylic acids is 2. The molecule has 0 amide bonds. The van der Waals surface area contributed by atoms with Crippen molar-refractivity contribution in [1.82, 2.24) is 0 Å². The first kappa shape index (κ1) is 34.9. The summed E-state index contributed by atoms with van der Waals surface area (Å²) in [5, 5.41) is 18.0. The summed E-state index contributed by atoms with van der Waals surface area (Å²) in [4.78, 5) is 22.6. The van der Waals surface area contributed by atoms with Gasteiger partial charge in [0.2, 0.25) is 0 Å². The topological polar surface area (TPSA) is 74.6 Å². The van der Waals surface area contributed by atoms with Gasteiger partial charge in [0.1, 0.15) is 0 Å². The fraction of sp³-hybridized carbons (Fsp3) is 0.556. The highest BCUT2D eigenvalue weighted by atomic mass is 19.4. The SMILES string of the molecule is O=C(O)c1ccc(CC(F)(F)C(F)(F)C(F)(F)C(F)(F)F)c(CC(F)(F)C(F)(F)C(F)(F)C(F)(F)F)c1C(=O)O. The van der Waals surface area contributed by atoms with Crippen LogP contribution in [0.25, 0.3) is 0 Å². The van der Waals surface area contributed by atoms with Gasteiger partial charge in [0.05, 0.1) is 11.1 Å². The van der Waals surface area contributed by atoms with Crippen LogP contribution in [-0.2, 0) is 12.8 Å². The van der Waals surface area contributed by atoms with Crippen LogP contribution in [0, 0.1) is 0 Å². The molecular formula is C18H8F18O4. The summed E-state index contributed by atoms with van der Waals surface area (Å²) in [6.45, 7) is 0. The normalized spacial score (nSPS) is 14.8. The average Bonchev–Trinajstić information content (AvgIpc) is 2.71. The third-order valence-electron chi connectivity index (χ3n) is 5.08. The van der Waals surface area contributed by atoms with Crippen molar-refractivity contribution >= 4 is 11.9 Å². The van der Waals surface area contributed by atoms with Crippen molar-refractivity contribution in [3.8, 4) is 0 Å². The Bertz CT molecular complexity index is 1150. The van der Waals surface area contributed by atoms with E-state index in [0.717, 1.165) is 0 Å². The number of carbonyl (C=O) groups is 2. The summed E-state index contributed by atoms with van der Waals surface area (Å²) in [6, 6.07) is -0.696. The number of hydrogen-bond donors (Lipinski definition) is 2. The molecule has 0 radical (unpaired) electrons. The van der Waals surface area contributed by atoms with Gasteiger partial charge in [-0.3, -0.25) is 0 Å². The summed E-state index contributed by atoms with van der Waals surface area (Å²) in [6.07, 6.45) is -21.9. The van der Waals surface area contributed by atoms with Crippen LogP contribution in [0.15, 0.2) is 12.1 Å². The van der Waals surface area contributed by atoms with E-state index in [1.165, 1.54) is 0 Å². The number of benzene rings is 1. The van der Waals surface area contributed by atoms with Gasteiger partial charge in [-0.25, -0.2) is 9.59 Å². The fourth-order valence-electron chi connectivity index (χ4n) is 2.98. The van der Waals surface area contributed by atoms with E-state index in [2.05, 4.69) is 0 Å². The highest BCUT2D eigenvalue weighted by molar-refractivity contribution is 6.03. The van der Waals surface area contributed by atoms with Crippen molar-refractivity contribution in [2.45, 2.75) is 60.7 Å². The number of halogens is 18. The molecule has 4 nitrogen and oxygen atoms in total. The molecule has 40 heavy (non-hydrogen) atoms. The average molecular weight is 630 g/mol. The molecule has 0 fully saturated rings. The first-order chi connectivity index (χ1) is 17.3. The Morgan fingerprint density at radius 1 is 0.525 bits per heavy atom. The number of alkyl halides is 18. The molecule has 0 saturated carbocycles. The van der Waals surface area contributed by atoms with Gasteiger partial charge in [-0.2, -0.15) is 79.0 Å². The fourth-order valence-corrected chi connectivity index (χ4v) is 2.98. The van der Waals surface area contributed by atoms with Crippen molar-refractivity contribution in [2.75, 3.05) is 0 Å². The van der Waals surface area contributed by atoms with E-state index in [1.807, 2.05) is 0 Å². The quantitative estimate of drug-likeness (QED) is 0.271. The van der Waals surface area contributed by atoms with E-state index in [9.17, 15) is 88.6 Å². The van der Waals surface area contributed by atoms with E-state index in [1.54, 1.807) is 0 Å².